The van der Waals surface area contributed by atoms with Gasteiger partial charge >= 0.3 is 0 Å². The minimum absolute atomic E-state index is 0.0318. The summed E-state index contributed by atoms with van der Waals surface area (Å²) in [5, 5.41) is 9.00. The first-order valence-corrected chi connectivity index (χ1v) is 12.5. The molecule has 0 unspecified atom stereocenters. The van der Waals surface area contributed by atoms with Gasteiger partial charge in [-0.3, -0.25) is 9.36 Å². The zero-order valence-electron chi connectivity index (χ0n) is 17.9. The maximum absolute atomic E-state index is 12.9. The molecule has 12 heteroatoms. The molecule has 174 valence electrons. The second-order valence-corrected chi connectivity index (χ2v) is 9.99. The predicted molar refractivity (Wildman–Crippen MR) is 123 cm³/mol. The Bertz CT molecular complexity index is 1240. The van der Waals surface area contributed by atoms with Crippen molar-refractivity contribution in [2.75, 3.05) is 39.2 Å². The molecule has 0 aliphatic carbocycles. The van der Waals surface area contributed by atoms with Crippen molar-refractivity contribution in [3.8, 4) is 22.8 Å². The highest BCUT2D eigenvalue weighted by atomic mass is 32.2. The summed E-state index contributed by atoms with van der Waals surface area (Å²) >= 11 is 1.16. The van der Waals surface area contributed by atoms with Crippen LogP contribution in [0.15, 0.2) is 58.6 Å². The lowest BCUT2D eigenvalue weighted by atomic mass is 10.2. The van der Waals surface area contributed by atoms with Crippen LogP contribution >= 0.6 is 11.8 Å². The molecule has 1 aliphatic rings. The fraction of sp³-hybridized carbons (Fsp3) is 0.286. The maximum atomic E-state index is 12.9. The van der Waals surface area contributed by atoms with E-state index in [0.717, 1.165) is 11.8 Å². The molecule has 10 nitrogen and oxygen atoms in total. The Hall–Kier alpha value is -2.93. The van der Waals surface area contributed by atoms with Crippen LogP contribution in [0.5, 0.6) is 5.75 Å². The summed E-state index contributed by atoms with van der Waals surface area (Å²) in [6.07, 6.45) is 0. The zero-order valence-corrected chi connectivity index (χ0v) is 19.5. The molecule has 0 radical (unpaired) electrons. The van der Waals surface area contributed by atoms with Crippen molar-refractivity contribution in [2.24, 2.45) is 5.73 Å². The molecule has 1 aromatic heterocycles. The van der Waals surface area contributed by atoms with Crippen LogP contribution in [-0.4, -0.2) is 72.6 Å². The number of para-hydroxylation sites is 2. The van der Waals surface area contributed by atoms with E-state index in [1.165, 1.54) is 4.31 Å². The van der Waals surface area contributed by atoms with E-state index in [-0.39, 0.29) is 10.6 Å². The van der Waals surface area contributed by atoms with Crippen LogP contribution in [0.2, 0.25) is 0 Å². The molecular weight excluding hydrogens is 466 g/mol. The van der Waals surface area contributed by atoms with Gasteiger partial charge in [0.15, 0.2) is 11.0 Å². The molecule has 3 aromatic rings. The van der Waals surface area contributed by atoms with Gasteiger partial charge in [0.05, 0.1) is 36.7 Å². The number of ether oxygens (including phenoxy) is 2. The monoisotopic (exact) mass is 489 g/mol. The molecule has 0 spiro atoms. The number of thioether (sulfide) groups is 1. The average molecular weight is 490 g/mol. The van der Waals surface area contributed by atoms with Crippen LogP contribution in [0.25, 0.3) is 17.1 Å². The fourth-order valence-corrected chi connectivity index (χ4v) is 5.52. The number of morpholine rings is 1. The number of primary amides is 1. The Labute approximate surface area is 195 Å². The van der Waals surface area contributed by atoms with Gasteiger partial charge in [0.25, 0.3) is 0 Å². The molecule has 2 heterocycles. The maximum Gasteiger partial charge on any atom is 0.243 e. The van der Waals surface area contributed by atoms with Gasteiger partial charge in [-0.2, -0.15) is 4.31 Å². The van der Waals surface area contributed by atoms with Gasteiger partial charge in [-0.15, -0.1) is 10.2 Å². The van der Waals surface area contributed by atoms with Gasteiger partial charge in [-0.05, 0) is 36.4 Å². The Balaban J connectivity index is 1.73. The standard InChI is InChI=1S/C21H23N5O5S2/c1-30-18-5-3-2-4-17(18)26-20(23-24-21(26)32-14-19(22)27)15-6-8-16(9-7-15)33(28,29)25-10-12-31-13-11-25/h2-9H,10-14H2,1H3,(H2,22,27). The van der Waals surface area contributed by atoms with Crippen molar-refractivity contribution < 1.29 is 22.7 Å². The Kier molecular flexibility index (Phi) is 6.98. The van der Waals surface area contributed by atoms with Crippen molar-refractivity contribution in [2.45, 2.75) is 10.1 Å². The molecule has 2 N–H and O–H groups in total. The number of nitrogens with zero attached hydrogens (tertiary/aromatic N) is 4. The second-order valence-electron chi connectivity index (χ2n) is 7.11. The first kappa shape index (κ1) is 23.2. The fourth-order valence-electron chi connectivity index (χ4n) is 3.43. The summed E-state index contributed by atoms with van der Waals surface area (Å²) in [6.45, 7) is 1.41. The highest BCUT2D eigenvalue weighted by Crippen LogP contribution is 2.33. The molecule has 0 saturated carbocycles. The quantitative estimate of drug-likeness (QED) is 0.472. The van der Waals surface area contributed by atoms with Crippen molar-refractivity contribution in [1.82, 2.24) is 19.1 Å². The summed E-state index contributed by atoms with van der Waals surface area (Å²) in [6, 6.07) is 13.8. The summed E-state index contributed by atoms with van der Waals surface area (Å²) in [5.74, 6) is 0.617. The number of methoxy groups -OCH3 is 1. The minimum atomic E-state index is -3.61. The van der Waals surface area contributed by atoms with Gasteiger partial charge in [0.1, 0.15) is 5.75 Å². The molecule has 2 aromatic carbocycles. The number of amides is 1. The van der Waals surface area contributed by atoms with Gasteiger partial charge < -0.3 is 15.2 Å². The molecule has 1 fully saturated rings. The van der Waals surface area contributed by atoms with Crippen LogP contribution in [0.3, 0.4) is 0 Å². The number of hydrogen-bond acceptors (Lipinski definition) is 8. The number of rotatable bonds is 8. The number of carbonyl (C=O) groups is 1. The lowest BCUT2D eigenvalue weighted by Gasteiger charge is -2.26. The third kappa shape index (κ3) is 4.88. The number of carbonyl (C=O) groups excluding carboxylic acids is 1. The lowest BCUT2D eigenvalue weighted by molar-refractivity contribution is -0.115. The molecular formula is C21H23N5O5S2. The summed E-state index contributed by atoms with van der Waals surface area (Å²) < 4.78 is 39.8. The molecule has 0 bridgehead atoms. The van der Waals surface area contributed by atoms with Crippen molar-refractivity contribution in [1.29, 1.82) is 0 Å². The third-order valence-corrected chi connectivity index (χ3v) is 7.89. The Morgan fingerprint density at radius 3 is 2.48 bits per heavy atom. The zero-order chi connectivity index (χ0) is 23.4. The molecule has 4 rings (SSSR count). The van der Waals surface area contributed by atoms with Gasteiger partial charge in [0.2, 0.25) is 15.9 Å². The van der Waals surface area contributed by atoms with E-state index in [1.807, 2.05) is 18.2 Å². The predicted octanol–water partition coefficient (Wildman–Crippen LogP) is 1.54. The third-order valence-electron chi connectivity index (χ3n) is 5.02. The summed E-state index contributed by atoms with van der Waals surface area (Å²) in [4.78, 5) is 11.5. The average Bonchev–Trinajstić information content (AvgIpc) is 3.27. The van der Waals surface area contributed by atoms with Crippen molar-refractivity contribution >= 4 is 27.7 Å². The first-order chi connectivity index (χ1) is 15.9. The van der Waals surface area contributed by atoms with Crippen molar-refractivity contribution in [3.05, 3.63) is 48.5 Å². The van der Waals surface area contributed by atoms with Crippen molar-refractivity contribution in [3.63, 3.8) is 0 Å². The van der Waals surface area contributed by atoms with E-state index in [0.29, 0.717) is 54.3 Å². The molecule has 33 heavy (non-hydrogen) atoms. The van der Waals surface area contributed by atoms with Gasteiger partial charge in [-0.1, -0.05) is 23.9 Å². The highest BCUT2D eigenvalue weighted by Gasteiger charge is 2.27. The van der Waals surface area contributed by atoms with Gasteiger partial charge in [-0.25, -0.2) is 8.42 Å². The number of benzene rings is 2. The van der Waals surface area contributed by atoms with E-state index in [1.54, 1.807) is 42.0 Å². The lowest BCUT2D eigenvalue weighted by Crippen LogP contribution is -2.40. The number of hydrogen-bond donors (Lipinski definition) is 1. The molecule has 1 saturated heterocycles. The van der Waals surface area contributed by atoms with E-state index in [9.17, 15) is 13.2 Å². The smallest absolute Gasteiger partial charge is 0.243 e. The number of sulfonamides is 1. The SMILES string of the molecule is COc1ccccc1-n1c(SCC(N)=O)nnc1-c1ccc(S(=O)(=O)N2CCOCC2)cc1. The summed E-state index contributed by atoms with van der Waals surface area (Å²) in [7, 11) is -2.05. The van der Waals surface area contributed by atoms with E-state index < -0.39 is 15.9 Å². The van der Waals surface area contributed by atoms with E-state index in [4.69, 9.17) is 15.2 Å². The van der Waals surface area contributed by atoms with Gasteiger partial charge in [0, 0.05) is 18.7 Å². The highest BCUT2D eigenvalue weighted by molar-refractivity contribution is 7.99. The van der Waals surface area contributed by atoms with E-state index in [2.05, 4.69) is 10.2 Å². The number of nitrogens with two attached hydrogens (primary N) is 1. The summed E-state index contributed by atoms with van der Waals surface area (Å²) in [5.41, 5.74) is 6.64. The van der Waals surface area contributed by atoms with Crippen LogP contribution in [-0.2, 0) is 19.6 Å². The molecule has 1 aliphatic heterocycles. The van der Waals surface area contributed by atoms with Crippen LogP contribution in [0.1, 0.15) is 0 Å². The normalized spacial score (nSPS) is 14.8. The minimum Gasteiger partial charge on any atom is -0.495 e. The molecule has 1 amide bonds. The first-order valence-electron chi connectivity index (χ1n) is 10.1. The van der Waals surface area contributed by atoms with Crippen LogP contribution < -0.4 is 10.5 Å². The topological polar surface area (TPSA) is 130 Å². The van der Waals surface area contributed by atoms with Crippen LogP contribution in [0.4, 0.5) is 0 Å². The van der Waals surface area contributed by atoms with E-state index >= 15 is 0 Å². The number of aromatic nitrogens is 3. The molecule has 0 atom stereocenters. The second kappa shape index (κ2) is 9.91. The Morgan fingerprint density at radius 1 is 1.12 bits per heavy atom. The van der Waals surface area contributed by atoms with Crippen LogP contribution in [0, 0.1) is 0 Å². The largest absolute Gasteiger partial charge is 0.495 e. The Morgan fingerprint density at radius 2 is 1.82 bits per heavy atom.